The van der Waals surface area contributed by atoms with Crippen LogP contribution in [0.1, 0.15) is 42.9 Å². The monoisotopic (exact) mass is 189 g/mol. The molecule has 14 heavy (non-hydrogen) atoms. The summed E-state index contributed by atoms with van der Waals surface area (Å²) in [6.45, 7) is 7.91. The minimum atomic E-state index is 0.718. The molecule has 0 spiro atoms. The highest BCUT2D eigenvalue weighted by atomic mass is 14.9. The highest BCUT2D eigenvalue weighted by Crippen LogP contribution is 2.34. The molecule has 0 aliphatic carbocycles. The second-order valence-electron chi connectivity index (χ2n) is 4.28. The van der Waals surface area contributed by atoms with Crippen molar-refractivity contribution in [2.75, 3.05) is 11.9 Å². The number of rotatable bonds is 1. The summed E-state index contributed by atoms with van der Waals surface area (Å²) in [6.07, 6.45) is 2.40. The van der Waals surface area contributed by atoms with E-state index in [0.29, 0.717) is 0 Å². The van der Waals surface area contributed by atoms with Crippen LogP contribution in [0.4, 0.5) is 5.69 Å². The molecule has 1 nitrogen and oxygen atoms in total. The Morgan fingerprint density at radius 1 is 1.43 bits per heavy atom. The zero-order valence-corrected chi connectivity index (χ0v) is 9.35. The molecule has 0 saturated carbocycles. The minimum absolute atomic E-state index is 0.718. The van der Waals surface area contributed by atoms with Crippen LogP contribution >= 0.6 is 0 Å². The summed E-state index contributed by atoms with van der Waals surface area (Å²) >= 11 is 0. The van der Waals surface area contributed by atoms with Crippen LogP contribution < -0.4 is 5.32 Å². The molecule has 1 heterocycles. The molecule has 1 aliphatic rings. The van der Waals surface area contributed by atoms with Crippen molar-refractivity contribution < 1.29 is 0 Å². The van der Waals surface area contributed by atoms with Gasteiger partial charge in [-0.2, -0.15) is 0 Å². The summed E-state index contributed by atoms with van der Waals surface area (Å²) in [5.41, 5.74) is 5.84. The lowest BCUT2D eigenvalue weighted by Gasteiger charge is -2.26. The first kappa shape index (κ1) is 9.57. The summed E-state index contributed by atoms with van der Waals surface area (Å²) in [4.78, 5) is 0. The van der Waals surface area contributed by atoms with Gasteiger partial charge in [-0.3, -0.25) is 0 Å². The Morgan fingerprint density at radius 3 is 2.93 bits per heavy atom. The largest absolute Gasteiger partial charge is 0.385 e. The molecule has 1 atom stereocenters. The lowest BCUT2D eigenvalue weighted by molar-refractivity contribution is 0.681. The number of hydrogen-bond donors (Lipinski definition) is 1. The average molecular weight is 189 g/mol. The fourth-order valence-corrected chi connectivity index (χ4v) is 2.37. The summed E-state index contributed by atoms with van der Waals surface area (Å²) < 4.78 is 0. The first-order valence-corrected chi connectivity index (χ1v) is 5.60. The van der Waals surface area contributed by atoms with Gasteiger partial charge in [0.15, 0.2) is 0 Å². The highest BCUT2D eigenvalue weighted by molar-refractivity contribution is 5.62. The van der Waals surface area contributed by atoms with Crippen molar-refractivity contribution in [3.05, 3.63) is 28.8 Å². The van der Waals surface area contributed by atoms with Gasteiger partial charge in [-0.1, -0.05) is 26.0 Å². The molecule has 1 aromatic carbocycles. The van der Waals surface area contributed by atoms with E-state index in [0.717, 1.165) is 18.9 Å². The first-order chi connectivity index (χ1) is 6.74. The number of aryl methyl sites for hydroxylation is 1. The predicted molar refractivity (Wildman–Crippen MR) is 62.1 cm³/mol. The van der Waals surface area contributed by atoms with Gasteiger partial charge in [0.2, 0.25) is 0 Å². The molecule has 1 aromatic rings. The van der Waals surface area contributed by atoms with Crippen molar-refractivity contribution >= 4 is 5.69 Å². The Bertz CT molecular complexity index is 341. The number of benzene rings is 1. The predicted octanol–water partition coefficient (Wildman–Crippen LogP) is 3.48. The summed E-state index contributed by atoms with van der Waals surface area (Å²) in [7, 11) is 0. The fraction of sp³-hybridized carbons (Fsp3) is 0.538. The van der Waals surface area contributed by atoms with Crippen LogP contribution in [0.2, 0.25) is 0 Å². The SMILES string of the molecule is CCc1ccc2c(c1C)NCCC2C. The van der Waals surface area contributed by atoms with Crippen LogP contribution in [0.5, 0.6) is 0 Å². The fourth-order valence-electron chi connectivity index (χ4n) is 2.37. The lowest BCUT2D eigenvalue weighted by Crippen LogP contribution is -2.16. The maximum Gasteiger partial charge on any atom is 0.0407 e. The zero-order valence-electron chi connectivity index (χ0n) is 9.35. The first-order valence-electron chi connectivity index (χ1n) is 5.60. The average Bonchev–Trinajstić information content (AvgIpc) is 2.20. The number of anilines is 1. The van der Waals surface area contributed by atoms with Gasteiger partial charge in [-0.05, 0) is 42.4 Å². The number of fused-ring (bicyclic) bond motifs is 1. The molecule has 0 aromatic heterocycles. The van der Waals surface area contributed by atoms with E-state index in [4.69, 9.17) is 0 Å². The maximum atomic E-state index is 3.54. The van der Waals surface area contributed by atoms with Crippen molar-refractivity contribution in [1.29, 1.82) is 0 Å². The smallest absolute Gasteiger partial charge is 0.0407 e. The second-order valence-corrected chi connectivity index (χ2v) is 4.28. The van der Waals surface area contributed by atoms with Crippen LogP contribution in [0, 0.1) is 6.92 Å². The second kappa shape index (κ2) is 3.64. The molecule has 76 valence electrons. The van der Waals surface area contributed by atoms with Gasteiger partial charge in [-0.15, -0.1) is 0 Å². The number of nitrogens with one attached hydrogen (secondary N) is 1. The van der Waals surface area contributed by atoms with Crippen molar-refractivity contribution in [1.82, 2.24) is 0 Å². The van der Waals surface area contributed by atoms with E-state index in [1.54, 1.807) is 0 Å². The lowest BCUT2D eigenvalue weighted by atomic mass is 9.88. The minimum Gasteiger partial charge on any atom is -0.385 e. The topological polar surface area (TPSA) is 12.0 Å². The van der Waals surface area contributed by atoms with Crippen LogP contribution in [0.15, 0.2) is 12.1 Å². The van der Waals surface area contributed by atoms with E-state index in [2.05, 4.69) is 38.2 Å². The molecular weight excluding hydrogens is 170 g/mol. The van der Waals surface area contributed by atoms with Gasteiger partial charge < -0.3 is 5.32 Å². The maximum absolute atomic E-state index is 3.54. The third-order valence-electron chi connectivity index (χ3n) is 3.40. The Balaban J connectivity index is 2.52. The molecule has 0 fully saturated rings. The van der Waals surface area contributed by atoms with E-state index in [1.807, 2.05) is 0 Å². The molecule has 2 rings (SSSR count). The third-order valence-corrected chi connectivity index (χ3v) is 3.40. The standard InChI is InChI=1S/C13H19N/c1-4-11-5-6-12-9(2)7-8-14-13(12)10(11)3/h5-6,9,14H,4,7-8H2,1-3H3. The molecule has 0 amide bonds. The van der Waals surface area contributed by atoms with Gasteiger partial charge >= 0.3 is 0 Å². The van der Waals surface area contributed by atoms with Crippen molar-refractivity contribution in [2.45, 2.75) is 39.5 Å². The van der Waals surface area contributed by atoms with E-state index in [9.17, 15) is 0 Å². The van der Waals surface area contributed by atoms with Crippen molar-refractivity contribution in [2.24, 2.45) is 0 Å². The Hall–Kier alpha value is -0.980. The van der Waals surface area contributed by atoms with Crippen LogP contribution in [-0.4, -0.2) is 6.54 Å². The molecule has 0 radical (unpaired) electrons. The van der Waals surface area contributed by atoms with Crippen LogP contribution in [0.3, 0.4) is 0 Å². The Kier molecular flexibility index (Phi) is 2.49. The molecule has 0 bridgehead atoms. The third kappa shape index (κ3) is 1.41. The van der Waals surface area contributed by atoms with Gasteiger partial charge in [0.05, 0.1) is 0 Å². The Morgan fingerprint density at radius 2 is 2.21 bits per heavy atom. The van der Waals surface area contributed by atoms with Gasteiger partial charge in [0.1, 0.15) is 0 Å². The van der Waals surface area contributed by atoms with E-state index in [1.165, 1.54) is 28.8 Å². The molecule has 1 N–H and O–H groups in total. The summed E-state index contributed by atoms with van der Waals surface area (Å²) in [6, 6.07) is 4.59. The Labute approximate surface area is 86.5 Å². The van der Waals surface area contributed by atoms with Gasteiger partial charge in [0.25, 0.3) is 0 Å². The van der Waals surface area contributed by atoms with Crippen LogP contribution in [-0.2, 0) is 6.42 Å². The molecule has 1 aliphatic heterocycles. The van der Waals surface area contributed by atoms with E-state index < -0.39 is 0 Å². The molecule has 0 saturated heterocycles. The molecular formula is C13H19N. The quantitative estimate of drug-likeness (QED) is 0.713. The summed E-state index contributed by atoms with van der Waals surface area (Å²) in [5.74, 6) is 0.718. The van der Waals surface area contributed by atoms with E-state index in [-0.39, 0.29) is 0 Å². The summed E-state index contributed by atoms with van der Waals surface area (Å²) in [5, 5.41) is 3.54. The normalized spacial score (nSPS) is 20.1. The number of hydrogen-bond acceptors (Lipinski definition) is 1. The van der Waals surface area contributed by atoms with Crippen LogP contribution in [0.25, 0.3) is 0 Å². The van der Waals surface area contributed by atoms with Crippen molar-refractivity contribution in [3.8, 4) is 0 Å². The van der Waals surface area contributed by atoms with E-state index >= 15 is 0 Å². The molecule has 1 unspecified atom stereocenters. The van der Waals surface area contributed by atoms with Crippen molar-refractivity contribution in [3.63, 3.8) is 0 Å². The molecule has 1 heteroatoms. The highest BCUT2D eigenvalue weighted by Gasteiger charge is 2.18. The van der Waals surface area contributed by atoms with Gasteiger partial charge in [-0.25, -0.2) is 0 Å². The van der Waals surface area contributed by atoms with Gasteiger partial charge in [0, 0.05) is 12.2 Å². The zero-order chi connectivity index (χ0) is 10.1.